The van der Waals surface area contributed by atoms with Gasteiger partial charge < -0.3 is 10.2 Å². The zero-order valence-corrected chi connectivity index (χ0v) is 14.7. The number of rotatable bonds is 3. The molecule has 23 heavy (non-hydrogen) atoms. The molecule has 1 unspecified atom stereocenters. The van der Waals surface area contributed by atoms with E-state index in [-0.39, 0.29) is 23.1 Å². The van der Waals surface area contributed by atoms with Crippen molar-refractivity contribution in [2.24, 2.45) is 11.3 Å². The highest BCUT2D eigenvalue weighted by Crippen LogP contribution is 2.23. The van der Waals surface area contributed by atoms with Crippen LogP contribution in [0.1, 0.15) is 44.7 Å². The smallest absolute Gasteiger partial charge is 0.227 e. The predicted molar refractivity (Wildman–Crippen MR) is 91.8 cm³/mol. The lowest BCUT2D eigenvalue weighted by Crippen LogP contribution is -2.48. The molecule has 0 aromatic heterocycles. The molecule has 0 spiro atoms. The lowest BCUT2D eigenvalue weighted by molar-refractivity contribution is -0.142. The molecule has 1 aromatic rings. The Balaban J connectivity index is 1.89. The quantitative estimate of drug-likeness (QED) is 0.932. The van der Waals surface area contributed by atoms with Gasteiger partial charge in [0.25, 0.3) is 0 Å². The third kappa shape index (κ3) is 4.81. The Morgan fingerprint density at radius 2 is 1.87 bits per heavy atom. The lowest BCUT2D eigenvalue weighted by atomic mass is 9.91. The van der Waals surface area contributed by atoms with Gasteiger partial charge in [-0.25, -0.2) is 0 Å². The summed E-state index contributed by atoms with van der Waals surface area (Å²) in [7, 11) is 0. The van der Waals surface area contributed by atoms with Gasteiger partial charge in [0.1, 0.15) is 0 Å². The molecule has 0 bridgehead atoms. The van der Waals surface area contributed by atoms with Gasteiger partial charge in [-0.2, -0.15) is 0 Å². The Morgan fingerprint density at radius 3 is 2.48 bits per heavy atom. The van der Waals surface area contributed by atoms with Gasteiger partial charge in [-0.3, -0.25) is 9.59 Å². The van der Waals surface area contributed by atoms with E-state index in [0.717, 1.165) is 24.9 Å². The fourth-order valence-electron chi connectivity index (χ4n) is 2.89. The van der Waals surface area contributed by atoms with Crippen molar-refractivity contribution in [1.29, 1.82) is 0 Å². The predicted octanol–water partition coefficient (Wildman–Crippen LogP) is 2.90. The summed E-state index contributed by atoms with van der Waals surface area (Å²) in [6.45, 7) is 9.67. The first-order valence-corrected chi connectivity index (χ1v) is 8.40. The maximum absolute atomic E-state index is 12.4. The van der Waals surface area contributed by atoms with Crippen LogP contribution in [0.3, 0.4) is 0 Å². The molecule has 1 N–H and O–H groups in total. The van der Waals surface area contributed by atoms with E-state index in [0.29, 0.717) is 13.1 Å². The first kappa shape index (κ1) is 17.5. The van der Waals surface area contributed by atoms with Gasteiger partial charge in [0.2, 0.25) is 11.8 Å². The number of hydrogen-bond acceptors (Lipinski definition) is 2. The summed E-state index contributed by atoms with van der Waals surface area (Å²) < 4.78 is 0. The second kappa shape index (κ2) is 7.16. The summed E-state index contributed by atoms with van der Waals surface area (Å²) in [5, 5.41) is 3.01. The van der Waals surface area contributed by atoms with Crippen LogP contribution in [0.4, 0.5) is 0 Å². The second-order valence-electron chi connectivity index (χ2n) is 7.54. The minimum absolute atomic E-state index is 0.0528. The molecule has 0 aliphatic carbocycles. The van der Waals surface area contributed by atoms with E-state index in [1.807, 2.05) is 56.9 Å². The van der Waals surface area contributed by atoms with Crippen LogP contribution >= 0.6 is 0 Å². The van der Waals surface area contributed by atoms with E-state index in [1.54, 1.807) is 0 Å². The molecule has 2 rings (SSSR count). The van der Waals surface area contributed by atoms with Crippen molar-refractivity contribution in [3.05, 3.63) is 35.4 Å². The van der Waals surface area contributed by atoms with Crippen LogP contribution in [0, 0.1) is 18.3 Å². The molecular formula is C19H28N2O2. The number of likely N-dealkylation sites (tertiary alicyclic amines) is 1. The average Bonchev–Trinajstić information content (AvgIpc) is 2.52. The monoisotopic (exact) mass is 316 g/mol. The number of nitrogens with one attached hydrogen (secondary N) is 1. The molecule has 4 heteroatoms. The van der Waals surface area contributed by atoms with Crippen LogP contribution in [0.5, 0.6) is 0 Å². The van der Waals surface area contributed by atoms with Crippen molar-refractivity contribution < 1.29 is 9.59 Å². The fraction of sp³-hybridized carbons (Fsp3) is 0.579. The van der Waals surface area contributed by atoms with Crippen LogP contribution < -0.4 is 5.32 Å². The molecular weight excluding hydrogens is 288 g/mol. The molecule has 1 aliphatic rings. The Hall–Kier alpha value is -1.84. The Labute approximate surface area is 139 Å². The third-order valence-electron chi connectivity index (χ3n) is 4.31. The van der Waals surface area contributed by atoms with Gasteiger partial charge in [-0.15, -0.1) is 0 Å². The molecule has 0 radical (unpaired) electrons. The van der Waals surface area contributed by atoms with Crippen molar-refractivity contribution >= 4 is 11.8 Å². The fourth-order valence-corrected chi connectivity index (χ4v) is 2.89. The van der Waals surface area contributed by atoms with E-state index in [4.69, 9.17) is 0 Å². The van der Waals surface area contributed by atoms with Crippen molar-refractivity contribution in [3.63, 3.8) is 0 Å². The maximum Gasteiger partial charge on any atom is 0.227 e. The van der Waals surface area contributed by atoms with Crippen LogP contribution in [0.2, 0.25) is 0 Å². The normalized spacial score (nSPS) is 18.6. The average molecular weight is 316 g/mol. The van der Waals surface area contributed by atoms with E-state index < -0.39 is 0 Å². The van der Waals surface area contributed by atoms with E-state index in [2.05, 4.69) is 5.32 Å². The molecule has 1 aromatic carbocycles. The van der Waals surface area contributed by atoms with Crippen LogP contribution in [-0.4, -0.2) is 29.8 Å². The summed E-state index contributed by atoms with van der Waals surface area (Å²) in [5.74, 6) is 0.0889. The molecule has 126 valence electrons. The van der Waals surface area contributed by atoms with Gasteiger partial charge in [-0.05, 0) is 25.3 Å². The number of amides is 2. The molecule has 1 aliphatic heterocycles. The SMILES string of the molecule is Cc1ccc(CNC(=O)C2CCCN(C(=O)C(C)(C)C)C2)cc1. The third-order valence-corrected chi connectivity index (χ3v) is 4.31. The highest BCUT2D eigenvalue weighted by molar-refractivity contribution is 5.83. The van der Waals surface area contributed by atoms with Gasteiger partial charge in [0.05, 0.1) is 5.92 Å². The first-order valence-electron chi connectivity index (χ1n) is 8.40. The molecule has 1 saturated heterocycles. The minimum atomic E-state index is -0.389. The molecule has 2 amide bonds. The summed E-state index contributed by atoms with van der Waals surface area (Å²) >= 11 is 0. The maximum atomic E-state index is 12.4. The topological polar surface area (TPSA) is 49.4 Å². The van der Waals surface area contributed by atoms with E-state index >= 15 is 0 Å². The Bertz CT molecular complexity index is 558. The molecule has 0 saturated carbocycles. The summed E-state index contributed by atoms with van der Waals surface area (Å²) in [6, 6.07) is 8.16. The van der Waals surface area contributed by atoms with Crippen LogP contribution in [0.25, 0.3) is 0 Å². The molecule has 1 heterocycles. The Morgan fingerprint density at radius 1 is 1.22 bits per heavy atom. The van der Waals surface area contributed by atoms with Gasteiger partial charge >= 0.3 is 0 Å². The summed E-state index contributed by atoms with van der Waals surface area (Å²) in [4.78, 5) is 26.6. The highest BCUT2D eigenvalue weighted by Gasteiger charge is 2.33. The number of aryl methyl sites for hydroxylation is 1. The highest BCUT2D eigenvalue weighted by atomic mass is 16.2. The molecule has 1 fully saturated rings. The largest absolute Gasteiger partial charge is 0.352 e. The number of hydrogen-bond donors (Lipinski definition) is 1. The summed E-state index contributed by atoms with van der Waals surface area (Å²) in [6.07, 6.45) is 1.75. The van der Waals surface area contributed by atoms with Gasteiger partial charge in [0, 0.05) is 25.0 Å². The minimum Gasteiger partial charge on any atom is -0.352 e. The number of carbonyl (C=O) groups is 2. The Kier molecular flexibility index (Phi) is 5.45. The number of nitrogens with zero attached hydrogens (tertiary/aromatic N) is 1. The van der Waals surface area contributed by atoms with E-state index in [9.17, 15) is 9.59 Å². The standard InChI is InChI=1S/C19H28N2O2/c1-14-7-9-15(10-8-14)12-20-17(22)16-6-5-11-21(13-16)18(23)19(2,3)4/h7-10,16H,5-6,11-13H2,1-4H3,(H,20,22). The van der Waals surface area contributed by atoms with Crippen molar-refractivity contribution in [2.75, 3.05) is 13.1 Å². The van der Waals surface area contributed by atoms with Gasteiger partial charge in [0.15, 0.2) is 0 Å². The van der Waals surface area contributed by atoms with Crippen LogP contribution in [0.15, 0.2) is 24.3 Å². The van der Waals surface area contributed by atoms with Gasteiger partial charge in [-0.1, -0.05) is 50.6 Å². The zero-order valence-electron chi connectivity index (χ0n) is 14.7. The summed E-state index contributed by atoms with van der Waals surface area (Å²) in [5.41, 5.74) is 1.92. The number of carbonyl (C=O) groups excluding carboxylic acids is 2. The first-order chi connectivity index (χ1) is 10.8. The molecule has 4 nitrogen and oxygen atoms in total. The van der Waals surface area contributed by atoms with Crippen LogP contribution in [-0.2, 0) is 16.1 Å². The molecule has 1 atom stereocenters. The number of piperidine rings is 1. The van der Waals surface area contributed by atoms with Crippen molar-refractivity contribution in [3.8, 4) is 0 Å². The van der Waals surface area contributed by atoms with Crippen molar-refractivity contribution in [1.82, 2.24) is 10.2 Å². The lowest BCUT2D eigenvalue weighted by Gasteiger charge is -2.35. The van der Waals surface area contributed by atoms with E-state index in [1.165, 1.54) is 5.56 Å². The second-order valence-corrected chi connectivity index (χ2v) is 7.54. The van der Waals surface area contributed by atoms with Crippen molar-refractivity contribution in [2.45, 2.75) is 47.1 Å². The number of benzene rings is 1. The zero-order chi connectivity index (χ0) is 17.0.